The second kappa shape index (κ2) is 753. The van der Waals surface area contributed by atoms with Gasteiger partial charge < -0.3 is 0 Å². The molecule has 0 aliphatic carbocycles. The van der Waals surface area contributed by atoms with E-state index in [0.717, 1.165) is 0 Å². The van der Waals surface area contributed by atoms with Crippen molar-refractivity contribution in [3.05, 3.63) is 0 Å². The average Bonchev–Trinajstić information content (AvgIpc) is 0. The van der Waals surface area contributed by atoms with E-state index in [4.69, 9.17) is 0 Å². The summed E-state index contributed by atoms with van der Waals surface area (Å²) in [4.78, 5) is 0. The molecule has 0 aromatic rings. The van der Waals surface area contributed by atoms with Crippen molar-refractivity contribution in [3.8, 4) is 0 Å². The molecule has 312 valence electrons. The van der Waals surface area contributed by atoms with Crippen molar-refractivity contribution in [1.29, 1.82) is 0 Å². The van der Waals surface area contributed by atoms with E-state index in [9.17, 15) is 0 Å². The summed E-state index contributed by atoms with van der Waals surface area (Å²) in [5.74, 6) is 0. The van der Waals surface area contributed by atoms with E-state index in [-0.39, 0.29) is 3700 Å². The SMILES string of the molecule is [La].[La].[La].[La].[La].[La].[La].[La].[La].[La].[La].[La].[La].[La].[La].[La].[La].[La].[La].[La].[La].[La].[La].[La].[La].[La].[La].[La].[La].[La].[La].[La].[La].[La].[La].[La].[La].[La].[La].[La].[La].[La].[La].[La].[La].[La].[La].[La].[La].[La].[La].[La].[La].[La].[La].[La].[La].[La].[La].[La].[La].[La].[La].[La].[La].[La].[La].[La].[La].[La].[La].[La].[La].[La].[La].[La].[La].[La].[La].[La].[La].[La].[La].[La].[La].[La].[La].[La].[La].[La].[La].[La].[La].[La].[La].[La].[La].[La].[La].[La].[La].[La].[La].[La]. The molecule has 104 heavy (non-hydrogen) atoms. The molecule has 0 heterocycles. The van der Waals surface area contributed by atoms with Crippen LogP contribution in [-0.2, 0) is 0 Å². The zero-order valence-corrected chi connectivity index (χ0v) is 437. The Bertz CT molecular complexity index is 0. The second-order valence-electron chi connectivity index (χ2n) is 0. The van der Waals surface area contributed by atoms with Crippen LogP contribution in [0.15, 0.2) is 0 Å². The zero-order valence-electron chi connectivity index (χ0n) is 60.0. The number of hydrogen-bond acceptors (Lipinski definition) is 0. The van der Waals surface area contributed by atoms with Gasteiger partial charge in [-0.15, -0.1) is 0 Å². The van der Waals surface area contributed by atoms with Gasteiger partial charge in [-0.1, -0.05) is 0 Å². The van der Waals surface area contributed by atoms with Gasteiger partial charge >= 0.3 is 0 Å². The van der Waals surface area contributed by atoms with E-state index >= 15 is 0 Å². The van der Waals surface area contributed by atoms with E-state index in [1.54, 1.807) is 0 Å². The standard InChI is InChI=1S/104La. The van der Waals surface area contributed by atoms with Gasteiger partial charge in [0.15, 0.2) is 0 Å². The van der Waals surface area contributed by atoms with Gasteiger partial charge in [0.05, 0.1) is 0 Å². The minimum atomic E-state index is 0. The van der Waals surface area contributed by atoms with Gasteiger partial charge in [0.25, 0.3) is 0 Å². The van der Waals surface area contributed by atoms with Crippen LogP contribution in [0.1, 0.15) is 0 Å². The Balaban J connectivity index is 0. The van der Waals surface area contributed by atoms with E-state index in [1.165, 1.54) is 0 Å². The first-order valence-electron chi connectivity index (χ1n) is 0. The van der Waals surface area contributed by atoms with Gasteiger partial charge in [0.2, 0.25) is 0 Å². The summed E-state index contributed by atoms with van der Waals surface area (Å²) in [6, 6.07) is 0. The fraction of sp³-hybridized carbons (Fsp3) is 0. The van der Waals surface area contributed by atoms with E-state index in [1.807, 2.05) is 0 Å². The van der Waals surface area contributed by atoms with Gasteiger partial charge in [0, 0.05) is 3700 Å². The molecule has 0 N–H and O–H groups in total. The van der Waals surface area contributed by atoms with Crippen molar-refractivity contribution in [2.24, 2.45) is 0 Å². The third-order valence-electron chi connectivity index (χ3n) is 0. The van der Waals surface area contributed by atoms with E-state index < -0.39 is 0 Å². The Morgan fingerprint density at radius 3 is 0.00962 bits per heavy atom. The van der Waals surface area contributed by atoms with Gasteiger partial charge in [-0.25, -0.2) is 0 Å². The summed E-state index contributed by atoms with van der Waals surface area (Å²) in [5.41, 5.74) is 0. The Labute approximate surface area is 3550 Å². The van der Waals surface area contributed by atoms with Crippen molar-refractivity contribution >= 4 is 0 Å². The van der Waals surface area contributed by atoms with Crippen LogP contribution in [0.2, 0.25) is 0 Å². The summed E-state index contributed by atoms with van der Waals surface area (Å²) in [5, 5.41) is 0. The molecule has 0 amide bonds. The smallest absolute Gasteiger partial charge is 0 e. The molecule has 104 radical (unpaired) electrons. The van der Waals surface area contributed by atoms with Gasteiger partial charge in [-0.2, -0.15) is 0 Å². The van der Waals surface area contributed by atoms with Crippen molar-refractivity contribution < 1.29 is 3700 Å². The van der Waals surface area contributed by atoms with Crippen molar-refractivity contribution in [1.82, 2.24) is 0 Å². The van der Waals surface area contributed by atoms with Gasteiger partial charge in [-0.05, 0) is 0 Å². The average molecular weight is 14400 g/mol. The van der Waals surface area contributed by atoms with Crippen LogP contribution in [0.3, 0.4) is 0 Å². The van der Waals surface area contributed by atoms with Crippen LogP contribution >= 0.6 is 0 Å². The Hall–Kier alpha value is 124. The predicted octanol–water partition coefficient (Wildman–Crippen LogP) is 0. The first-order chi connectivity index (χ1) is 0. The molecule has 0 atom stereocenters. The number of hydrogen-bond donors (Lipinski definition) is 0. The van der Waals surface area contributed by atoms with Crippen LogP contribution < -0.4 is 0 Å². The molecule has 0 rings (SSSR count). The van der Waals surface area contributed by atoms with E-state index in [0.29, 0.717) is 0 Å². The first-order valence-corrected chi connectivity index (χ1v) is 0. The second-order valence-corrected chi connectivity index (χ2v) is 0. The maximum atomic E-state index is 0. The molecular formula is La104. The van der Waals surface area contributed by atoms with Crippen LogP contribution in [0.25, 0.3) is 0 Å². The van der Waals surface area contributed by atoms with Crippen molar-refractivity contribution in [2.45, 2.75) is 0 Å². The fourth-order valence-electron chi connectivity index (χ4n) is 0. The summed E-state index contributed by atoms with van der Waals surface area (Å²) in [6.45, 7) is 0. The topological polar surface area (TPSA) is 0 Å². The molecule has 0 nitrogen and oxygen atoms in total. The largest absolute Gasteiger partial charge is 0 e. The minimum Gasteiger partial charge on any atom is 0 e. The summed E-state index contributed by atoms with van der Waals surface area (Å²) in [7, 11) is 0. The molecule has 0 aromatic heterocycles. The molecule has 0 aliphatic rings. The Morgan fingerprint density at radius 1 is 0.00962 bits per heavy atom. The van der Waals surface area contributed by atoms with Crippen molar-refractivity contribution in [3.63, 3.8) is 0 Å². The Morgan fingerprint density at radius 2 is 0.00962 bits per heavy atom. The summed E-state index contributed by atoms with van der Waals surface area (Å²) in [6.07, 6.45) is 0. The molecule has 104 heteroatoms. The third kappa shape index (κ3) is 744. The third-order valence-corrected chi connectivity index (χ3v) is 0. The predicted molar refractivity (Wildman–Crippen MR) is 0 cm³/mol. The van der Waals surface area contributed by atoms with Crippen LogP contribution in [0, 0.1) is 3700 Å². The summed E-state index contributed by atoms with van der Waals surface area (Å²) < 4.78 is 0. The molecule has 0 fully saturated rings. The maximum absolute atomic E-state index is 0. The minimum absolute atomic E-state index is 0. The molecule has 0 saturated carbocycles. The quantitative estimate of drug-likeness (QED) is 0.321. The number of rotatable bonds is 0. The Kier molecular flexibility index (Phi) is 5530. The van der Waals surface area contributed by atoms with E-state index in [2.05, 4.69) is 0 Å². The fourth-order valence-corrected chi connectivity index (χ4v) is 0. The van der Waals surface area contributed by atoms with Crippen LogP contribution in [0.4, 0.5) is 0 Å². The molecular weight excluding hydrogens is 14400 g/mol. The monoisotopic (exact) mass is 14400 g/mol. The molecule has 0 saturated heterocycles. The first kappa shape index (κ1) is 764. The zero-order chi connectivity index (χ0) is 0. The van der Waals surface area contributed by atoms with Gasteiger partial charge in [0.1, 0.15) is 0 Å². The van der Waals surface area contributed by atoms with Crippen LogP contribution in [0.5, 0.6) is 0 Å². The van der Waals surface area contributed by atoms with Gasteiger partial charge in [-0.3, -0.25) is 0 Å². The normalized spacial score (nSPS) is 0. The molecule has 0 bridgehead atoms. The molecule has 0 aliphatic heterocycles. The maximum Gasteiger partial charge on any atom is 0 e. The summed E-state index contributed by atoms with van der Waals surface area (Å²) >= 11 is 0. The van der Waals surface area contributed by atoms with Crippen molar-refractivity contribution in [2.75, 3.05) is 0 Å². The molecule has 0 unspecified atom stereocenters. The van der Waals surface area contributed by atoms with Crippen LogP contribution in [-0.4, -0.2) is 0 Å². The molecule has 0 spiro atoms. The molecule has 0 aromatic carbocycles.